The lowest BCUT2D eigenvalue weighted by Gasteiger charge is -2.25. The minimum absolute atomic E-state index is 0.246. The number of likely N-dealkylation sites (N-methyl/N-ethyl adjacent to an activating group) is 1. The second-order valence-electron chi connectivity index (χ2n) is 5.66. The normalized spacial score (nSPS) is 24.8. The van der Waals surface area contributed by atoms with Crippen molar-refractivity contribution in [3.8, 4) is 0 Å². The Morgan fingerprint density at radius 2 is 1.83 bits per heavy atom. The predicted molar refractivity (Wildman–Crippen MR) is 90.6 cm³/mol. The summed E-state index contributed by atoms with van der Waals surface area (Å²) in [6.07, 6.45) is 0. The maximum atomic E-state index is 12.6. The van der Waals surface area contributed by atoms with E-state index in [9.17, 15) is 13.2 Å². The quantitative estimate of drug-likeness (QED) is 0.722. The molecule has 1 aliphatic heterocycles. The van der Waals surface area contributed by atoms with Gasteiger partial charge in [0.1, 0.15) is 5.25 Å². The van der Waals surface area contributed by atoms with Gasteiger partial charge in [0.2, 0.25) is 15.9 Å². The molecule has 1 fully saturated rings. The summed E-state index contributed by atoms with van der Waals surface area (Å²) in [4.78, 5) is 12.1. The third kappa shape index (κ3) is 4.02. The fraction of sp³-hybridized carbons (Fsp3) is 0.500. The van der Waals surface area contributed by atoms with Gasteiger partial charge >= 0.3 is 0 Å². The van der Waals surface area contributed by atoms with Crippen LogP contribution in [0.5, 0.6) is 0 Å². The molecule has 2 unspecified atom stereocenters. The Kier molecular flexibility index (Phi) is 5.64. The van der Waals surface area contributed by atoms with E-state index in [1.165, 1.54) is 7.05 Å². The van der Waals surface area contributed by atoms with Crippen LogP contribution in [0.25, 0.3) is 0 Å². The Hall–Kier alpha value is -1.19. The molecule has 23 heavy (non-hydrogen) atoms. The van der Waals surface area contributed by atoms with E-state index in [4.69, 9.17) is 11.6 Å². The van der Waals surface area contributed by atoms with E-state index in [1.807, 2.05) is 0 Å². The Morgan fingerprint density at radius 3 is 2.39 bits per heavy atom. The fourth-order valence-corrected chi connectivity index (χ4v) is 4.69. The van der Waals surface area contributed by atoms with Crippen molar-refractivity contribution in [3.05, 3.63) is 29.3 Å². The molecule has 0 spiro atoms. The summed E-state index contributed by atoms with van der Waals surface area (Å²) in [6, 6.07) is 6.30. The van der Waals surface area contributed by atoms with E-state index >= 15 is 0 Å². The topological polar surface area (TPSA) is 90.5 Å². The van der Waals surface area contributed by atoms with Crippen molar-refractivity contribution in [1.82, 2.24) is 15.2 Å². The molecule has 1 saturated heterocycles. The van der Waals surface area contributed by atoms with Crippen LogP contribution in [0.3, 0.4) is 0 Å². The summed E-state index contributed by atoms with van der Waals surface area (Å²) in [6.45, 7) is 3.30. The van der Waals surface area contributed by atoms with Crippen molar-refractivity contribution >= 4 is 33.2 Å². The Bertz CT molecular complexity index is 672. The Morgan fingerprint density at radius 1 is 1.26 bits per heavy atom. The molecule has 1 amide bonds. The number of hydrazine groups is 1. The molecule has 9 heteroatoms. The number of hydrogen-bond acceptors (Lipinski definition) is 5. The summed E-state index contributed by atoms with van der Waals surface area (Å²) < 4.78 is 26.4. The third-order valence-corrected chi connectivity index (χ3v) is 6.65. The molecule has 3 N–H and O–H groups in total. The van der Waals surface area contributed by atoms with E-state index in [2.05, 4.69) is 16.2 Å². The number of halogens is 1. The van der Waals surface area contributed by atoms with Crippen molar-refractivity contribution in [2.45, 2.75) is 31.2 Å². The van der Waals surface area contributed by atoms with Gasteiger partial charge in [0.15, 0.2) is 0 Å². The van der Waals surface area contributed by atoms with Crippen LogP contribution in [0, 0.1) is 0 Å². The summed E-state index contributed by atoms with van der Waals surface area (Å²) in [5.74, 6) is -0.441. The Balaban J connectivity index is 2.04. The highest BCUT2D eigenvalue weighted by Gasteiger charge is 2.42. The van der Waals surface area contributed by atoms with Crippen molar-refractivity contribution in [2.24, 2.45) is 0 Å². The van der Waals surface area contributed by atoms with Gasteiger partial charge < -0.3 is 5.32 Å². The SMILES string of the molecule is CC1NNC(C)C1S(=O)(=O)N(C)CC(=O)Nc1ccccc1Cl. The highest BCUT2D eigenvalue weighted by molar-refractivity contribution is 7.89. The number of sulfonamides is 1. The summed E-state index contributed by atoms with van der Waals surface area (Å²) >= 11 is 5.97. The number of para-hydroxylation sites is 1. The highest BCUT2D eigenvalue weighted by atomic mass is 35.5. The van der Waals surface area contributed by atoms with Gasteiger partial charge in [-0.05, 0) is 26.0 Å². The van der Waals surface area contributed by atoms with Gasteiger partial charge in [-0.3, -0.25) is 15.6 Å². The molecule has 0 radical (unpaired) electrons. The minimum Gasteiger partial charge on any atom is -0.324 e. The molecule has 2 atom stereocenters. The number of rotatable bonds is 5. The van der Waals surface area contributed by atoms with Gasteiger partial charge in [0, 0.05) is 19.1 Å². The lowest BCUT2D eigenvalue weighted by molar-refractivity contribution is -0.116. The zero-order chi connectivity index (χ0) is 17.2. The number of carbonyl (C=O) groups is 1. The first-order valence-corrected chi connectivity index (χ1v) is 9.12. The van der Waals surface area contributed by atoms with Gasteiger partial charge in [0.25, 0.3) is 0 Å². The van der Waals surface area contributed by atoms with E-state index < -0.39 is 21.2 Å². The fourth-order valence-electron chi connectivity index (χ4n) is 2.63. The number of hydrogen-bond donors (Lipinski definition) is 3. The van der Waals surface area contributed by atoms with Crippen LogP contribution in [0.1, 0.15) is 13.8 Å². The first kappa shape index (κ1) is 18.2. The van der Waals surface area contributed by atoms with Crippen LogP contribution >= 0.6 is 11.6 Å². The maximum Gasteiger partial charge on any atom is 0.239 e. The minimum atomic E-state index is -3.62. The molecule has 0 saturated carbocycles. The molecule has 7 nitrogen and oxygen atoms in total. The molecule has 1 aromatic rings. The second-order valence-corrected chi connectivity index (χ2v) is 8.26. The van der Waals surface area contributed by atoms with Crippen LogP contribution < -0.4 is 16.2 Å². The molecule has 1 heterocycles. The monoisotopic (exact) mass is 360 g/mol. The number of benzene rings is 1. The maximum absolute atomic E-state index is 12.6. The van der Waals surface area contributed by atoms with Crippen molar-refractivity contribution in [1.29, 1.82) is 0 Å². The standard InChI is InChI=1S/C14H21ClN4O3S/c1-9-14(10(2)18-17-9)23(21,22)19(3)8-13(20)16-12-7-5-4-6-11(12)15/h4-7,9-10,14,17-18H,8H2,1-3H3,(H,16,20). The van der Waals surface area contributed by atoms with Crippen molar-refractivity contribution in [2.75, 3.05) is 18.9 Å². The zero-order valence-electron chi connectivity index (χ0n) is 13.2. The van der Waals surface area contributed by atoms with E-state index in [-0.39, 0.29) is 18.6 Å². The summed E-state index contributed by atoms with van der Waals surface area (Å²) in [5, 5.41) is 2.38. The number of anilines is 1. The molecule has 2 rings (SSSR count). The van der Waals surface area contributed by atoms with Gasteiger partial charge in [-0.25, -0.2) is 8.42 Å². The average molecular weight is 361 g/mol. The van der Waals surface area contributed by atoms with Crippen LogP contribution in [-0.2, 0) is 14.8 Å². The van der Waals surface area contributed by atoms with Gasteiger partial charge in [-0.15, -0.1) is 0 Å². The molecule has 0 aromatic heterocycles. The van der Waals surface area contributed by atoms with E-state index in [0.29, 0.717) is 10.7 Å². The lowest BCUT2D eigenvalue weighted by Crippen LogP contribution is -2.47. The number of amides is 1. The van der Waals surface area contributed by atoms with E-state index in [0.717, 1.165) is 4.31 Å². The molecule has 1 aliphatic rings. The number of carbonyl (C=O) groups excluding carboxylic acids is 1. The number of nitrogens with one attached hydrogen (secondary N) is 3. The predicted octanol–water partition coefficient (Wildman–Crippen LogP) is 0.794. The van der Waals surface area contributed by atoms with Crippen LogP contribution in [0.2, 0.25) is 5.02 Å². The first-order chi connectivity index (χ1) is 10.7. The molecule has 0 bridgehead atoms. The highest BCUT2D eigenvalue weighted by Crippen LogP contribution is 2.21. The molecular weight excluding hydrogens is 340 g/mol. The zero-order valence-corrected chi connectivity index (χ0v) is 14.8. The molecule has 128 valence electrons. The van der Waals surface area contributed by atoms with Crippen LogP contribution in [0.4, 0.5) is 5.69 Å². The third-order valence-electron chi connectivity index (χ3n) is 3.82. The average Bonchev–Trinajstić information content (AvgIpc) is 2.81. The van der Waals surface area contributed by atoms with Gasteiger partial charge in [0.05, 0.1) is 17.3 Å². The van der Waals surface area contributed by atoms with Crippen molar-refractivity contribution in [3.63, 3.8) is 0 Å². The van der Waals surface area contributed by atoms with Gasteiger partial charge in [-0.1, -0.05) is 23.7 Å². The molecule has 1 aromatic carbocycles. The second kappa shape index (κ2) is 7.14. The smallest absolute Gasteiger partial charge is 0.239 e. The van der Waals surface area contributed by atoms with Gasteiger partial charge in [-0.2, -0.15) is 4.31 Å². The lowest BCUT2D eigenvalue weighted by atomic mass is 10.2. The van der Waals surface area contributed by atoms with E-state index in [1.54, 1.807) is 38.1 Å². The molecule has 0 aliphatic carbocycles. The number of nitrogens with zero attached hydrogens (tertiary/aromatic N) is 1. The van der Waals surface area contributed by atoms with Crippen molar-refractivity contribution < 1.29 is 13.2 Å². The summed E-state index contributed by atoms with van der Waals surface area (Å²) in [5.41, 5.74) is 6.27. The van der Waals surface area contributed by atoms with Crippen LogP contribution in [-0.4, -0.2) is 49.6 Å². The van der Waals surface area contributed by atoms with Crippen LogP contribution in [0.15, 0.2) is 24.3 Å². The molecular formula is C14H21ClN4O3S. The Labute approximate surface area is 141 Å². The first-order valence-electron chi connectivity index (χ1n) is 7.24. The largest absolute Gasteiger partial charge is 0.324 e. The summed E-state index contributed by atoms with van der Waals surface area (Å²) in [7, 11) is -2.22.